The van der Waals surface area contributed by atoms with Crippen LogP contribution in [0.25, 0.3) is 0 Å². The Kier molecular flexibility index (Phi) is 14.2. The quantitative estimate of drug-likeness (QED) is 0.237. The first kappa shape index (κ1) is 22.9. The summed E-state index contributed by atoms with van der Waals surface area (Å²) >= 11 is 0. The topological polar surface area (TPSA) is 48.9 Å². The standard InChI is InChI=1S/C17H36N4O.HI/c1-5-15(6-2)16(21-11-8-9-12-21)14-20-17(18-7-3)19-10-13-22-4;/h15-16H,5-14H2,1-4H3,(H2,18,19,20);1H. The van der Waals surface area contributed by atoms with Crippen LogP contribution in [0.3, 0.4) is 0 Å². The molecule has 0 aromatic rings. The molecule has 1 aliphatic rings. The summed E-state index contributed by atoms with van der Waals surface area (Å²) in [4.78, 5) is 7.50. The van der Waals surface area contributed by atoms with E-state index in [0.717, 1.165) is 31.5 Å². The fourth-order valence-corrected chi connectivity index (χ4v) is 3.27. The van der Waals surface area contributed by atoms with E-state index in [-0.39, 0.29) is 24.0 Å². The summed E-state index contributed by atoms with van der Waals surface area (Å²) in [6, 6.07) is 0.579. The second-order valence-electron chi connectivity index (χ2n) is 6.03. The highest BCUT2D eigenvalue weighted by Gasteiger charge is 2.27. The zero-order valence-electron chi connectivity index (χ0n) is 15.4. The van der Waals surface area contributed by atoms with Crippen LogP contribution in [0.2, 0.25) is 0 Å². The summed E-state index contributed by atoms with van der Waals surface area (Å²) in [5, 5.41) is 6.67. The molecule has 0 aromatic heterocycles. The number of likely N-dealkylation sites (tertiary alicyclic amines) is 1. The van der Waals surface area contributed by atoms with Crippen LogP contribution in [0, 0.1) is 5.92 Å². The molecule has 1 unspecified atom stereocenters. The number of hydrogen-bond donors (Lipinski definition) is 2. The van der Waals surface area contributed by atoms with Gasteiger partial charge in [-0.15, -0.1) is 24.0 Å². The maximum absolute atomic E-state index is 5.10. The van der Waals surface area contributed by atoms with E-state index in [4.69, 9.17) is 9.73 Å². The van der Waals surface area contributed by atoms with E-state index >= 15 is 0 Å². The average Bonchev–Trinajstić information content (AvgIpc) is 3.05. The van der Waals surface area contributed by atoms with Crippen molar-refractivity contribution >= 4 is 29.9 Å². The van der Waals surface area contributed by atoms with Crippen molar-refractivity contribution in [1.29, 1.82) is 0 Å². The molecule has 0 amide bonds. The molecule has 1 rings (SSSR count). The maximum atomic E-state index is 5.10. The van der Waals surface area contributed by atoms with E-state index in [9.17, 15) is 0 Å². The van der Waals surface area contributed by atoms with Gasteiger partial charge < -0.3 is 15.4 Å². The summed E-state index contributed by atoms with van der Waals surface area (Å²) in [5.74, 6) is 1.65. The molecule has 5 nitrogen and oxygen atoms in total. The molecular weight excluding hydrogens is 403 g/mol. The highest BCUT2D eigenvalue weighted by Crippen LogP contribution is 2.23. The molecule has 23 heavy (non-hydrogen) atoms. The average molecular weight is 440 g/mol. The van der Waals surface area contributed by atoms with Gasteiger partial charge in [0.15, 0.2) is 5.96 Å². The summed E-state index contributed by atoms with van der Waals surface area (Å²) in [6.07, 6.45) is 5.15. The van der Waals surface area contributed by atoms with Crippen LogP contribution in [-0.4, -0.2) is 63.3 Å². The van der Waals surface area contributed by atoms with Gasteiger partial charge in [0.1, 0.15) is 0 Å². The van der Waals surface area contributed by atoms with Gasteiger partial charge in [0.05, 0.1) is 13.2 Å². The molecular formula is C17H37IN4O. The maximum Gasteiger partial charge on any atom is 0.191 e. The fraction of sp³-hybridized carbons (Fsp3) is 0.941. The molecule has 1 heterocycles. The van der Waals surface area contributed by atoms with Crippen LogP contribution < -0.4 is 10.6 Å². The number of hydrogen-bond acceptors (Lipinski definition) is 3. The summed E-state index contributed by atoms with van der Waals surface area (Å²) in [6.45, 7) is 12.5. The number of rotatable bonds is 10. The van der Waals surface area contributed by atoms with Gasteiger partial charge in [0.2, 0.25) is 0 Å². The number of methoxy groups -OCH3 is 1. The van der Waals surface area contributed by atoms with Crippen molar-refractivity contribution in [2.24, 2.45) is 10.9 Å². The van der Waals surface area contributed by atoms with Gasteiger partial charge in [0.25, 0.3) is 0 Å². The van der Waals surface area contributed by atoms with Crippen molar-refractivity contribution in [3.63, 3.8) is 0 Å². The van der Waals surface area contributed by atoms with Gasteiger partial charge in [-0.25, -0.2) is 0 Å². The summed E-state index contributed by atoms with van der Waals surface area (Å²) in [7, 11) is 1.72. The van der Waals surface area contributed by atoms with E-state index in [0.29, 0.717) is 12.6 Å². The Morgan fingerprint density at radius 2 is 1.78 bits per heavy atom. The van der Waals surface area contributed by atoms with Crippen molar-refractivity contribution in [3.8, 4) is 0 Å². The largest absolute Gasteiger partial charge is 0.383 e. The molecule has 1 fully saturated rings. The zero-order chi connectivity index (χ0) is 16.2. The Morgan fingerprint density at radius 3 is 2.30 bits per heavy atom. The van der Waals surface area contributed by atoms with E-state index in [1.165, 1.54) is 38.8 Å². The number of halogens is 1. The first-order valence-corrected chi connectivity index (χ1v) is 9.01. The van der Waals surface area contributed by atoms with Gasteiger partial charge >= 0.3 is 0 Å². The van der Waals surface area contributed by atoms with Gasteiger partial charge in [-0.05, 0) is 38.8 Å². The van der Waals surface area contributed by atoms with Crippen molar-refractivity contribution in [2.45, 2.75) is 52.5 Å². The lowest BCUT2D eigenvalue weighted by molar-refractivity contribution is 0.171. The number of nitrogens with zero attached hydrogens (tertiary/aromatic N) is 2. The number of aliphatic imine (C=N–C) groups is 1. The van der Waals surface area contributed by atoms with Gasteiger partial charge in [0, 0.05) is 26.2 Å². The molecule has 138 valence electrons. The number of nitrogens with one attached hydrogen (secondary N) is 2. The van der Waals surface area contributed by atoms with Crippen molar-refractivity contribution in [2.75, 3.05) is 46.4 Å². The zero-order valence-corrected chi connectivity index (χ0v) is 17.8. The number of guanidine groups is 1. The van der Waals surface area contributed by atoms with Crippen molar-refractivity contribution < 1.29 is 4.74 Å². The third kappa shape index (κ3) is 8.54. The van der Waals surface area contributed by atoms with Crippen LogP contribution in [-0.2, 0) is 4.74 Å². The SMILES string of the molecule is CCNC(=NCC(C(CC)CC)N1CCCC1)NCCOC.I. The highest BCUT2D eigenvalue weighted by atomic mass is 127. The Hall–Kier alpha value is -0.0800. The molecule has 6 heteroatoms. The summed E-state index contributed by atoms with van der Waals surface area (Å²) in [5.41, 5.74) is 0. The van der Waals surface area contributed by atoms with Crippen LogP contribution >= 0.6 is 24.0 Å². The third-order valence-electron chi connectivity index (χ3n) is 4.58. The van der Waals surface area contributed by atoms with Gasteiger partial charge in [-0.2, -0.15) is 0 Å². The Balaban J connectivity index is 0.00000484. The molecule has 0 aromatic carbocycles. The lowest BCUT2D eigenvalue weighted by Gasteiger charge is -2.32. The van der Waals surface area contributed by atoms with Crippen LogP contribution in [0.1, 0.15) is 46.5 Å². The number of ether oxygens (including phenoxy) is 1. The molecule has 0 radical (unpaired) electrons. The van der Waals surface area contributed by atoms with Crippen LogP contribution in [0.4, 0.5) is 0 Å². The molecule has 0 spiro atoms. The second-order valence-corrected chi connectivity index (χ2v) is 6.03. The molecule has 0 aliphatic carbocycles. The first-order chi connectivity index (χ1) is 10.8. The lowest BCUT2D eigenvalue weighted by atomic mass is 9.93. The van der Waals surface area contributed by atoms with E-state index < -0.39 is 0 Å². The Morgan fingerprint density at radius 1 is 1.13 bits per heavy atom. The molecule has 1 saturated heterocycles. The lowest BCUT2D eigenvalue weighted by Crippen LogP contribution is -2.43. The molecule has 2 N–H and O–H groups in total. The van der Waals surface area contributed by atoms with E-state index in [1.54, 1.807) is 7.11 Å². The van der Waals surface area contributed by atoms with Crippen LogP contribution in [0.5, 0.6) is 0 Å². The molecule has 0 saturated carbocycles. The van der Waals surface area contributed by atoms with E-state index in [1.807, 2.05) is 0 Å². The summed E-state index contributed by atoms with van der Waals surface area (Å²) < 4.78 is 5.10. The van der Waals surface area contributed by atoms with Gasteiger partial charge in [-0.1, -0.05) is 26.7 Å². The predicted molar refractivity (Wildman–Crippen MR) is 110 cm³/mol. The van der Waals surface area contributed by atoms with Crippen LogP contribution in [0.15, 0.2) is 4.99 Å². The van der Waals surface area contributed by atoms with E-state index in [2.05, 4.69) is 36.3 Å². The van der Waals surface area contributed by atoms with Crippen molar-refractivity contribution in [3.05, 3.63) is 0 Å². The highest BCUT2D eigenvalue weighted by molar-refractivity contribution is 14.0. The molecule has 0 bridgehead atoms. The Labute approximate surface area is 160 Å². The monoisotopic (exact) mass is 440 g/mol. The van der Waals surface area contributed by atoms with Gasteiger partial charge in [-0.3, -0.25) is 9.89 Å². The third-order valence-corrected chi connectivity index (χ3v) is 4.58. The smallest absolute Gasteiger partial charge is 0.191 e. The van der Waals surface area contributed by atoms with Crippen molar-refractivity contribution in [1.82, 2.24) is 15.5 Å². The minimum Gasteiger partial charge on any atom is -0.383 e. The first-order valence-electron chi connectivity index (χ1n) is 9.01. The molecule has 1 atom stereocenters. The Bertz CT molecular complexity index is 303. The normalized spacial score (nSPS) is 17.2. The molecule has 1 aliphatic heterocycles. The predicted octanol–water partition coefficient (Wildman–Crippen LogP) is 2.71. The minimum absolute atomic E-state index is 0. The minimum atomic E-state index is 0. The second kappa shape index (κ2) is 14.3. The fourth-order valence-electron chi connectivity index (χ4n) is 3.27.